The normalized spacial score (nSPS) is 33.3. The van der Waals surface area contributed by atoms with E-state index in [4.69, 9.17) is 29.5 Å². The van der Waals surface area contributed by atoms with E-state index in [1.807, 2.05) is 6.07 Å². The smallest absolute Gasteiger partial charge is 0.162 e. The van der Waals surface area contributed by atoms with Crippen molar-refractivity contribution in [2.24, 2.45) is 0 Å². The molecule has 0 radical (unpaired) electrons. The molecule has 2 aromatic heterocycles. The molecule has 3 aromatic rings. The van der Waals surface area contributed by atoms with Gasteiger partial charge in [0.2, 0.25) is 0 Å². The Morgan fingerprint density at radius 3 is 3.19 bits per heavy atom. The maximum absolute atomic E-state index is 9.19. The number of likely N-dealkylation sites (tertiary alicyclic amines) is 1. The maximum Gasteiger partial charge on any atom is 0.162 e. The summed E-state index contributed by atoms with van der Waals surface area (Å²) < 4.78 is 111. The topological polar surface area (TPSA) is 64.8 Å². The summed E-state index contributed by atoms with van der Waals surface area (Å²) in [6.07, 6.45) is -8.29. The van der Waals surface area contributed by atoms with E-state index in [0.29, 0.717) is 0 Å². The Hall–Kier alpha value is -2.20. The number of hydrogen-bond acceptors (Lipinski definition) is 6. The lowest BCUT2D eigenvalue weighted by molar-refractivity contribution is 0.211. The molecular formula is C19H18ClN5S. The van der Waals surface area contributed by atoms with Gasteiger partial charge in [0.25, 0.3) is 0 Å². The van der Waals surface area contributed by atoms with Gasteiger partial charge in [-0.1, -0.05) is 23.7 Å². The molecule has 5 nitrogen and oxygen atoms in total. The van der Waals surface area contributed by atoms with Crippen LogP contribution in [0.4, 0.5) is 5.82 Å². The lowest BCUT2D eigenvalue weighted by Crippen LogP contribution is -2.38. The molecule has 1 unspecified atom stereocenters. The van der Waals surface area contributed by atoms with Crippen LogP contribution in [-0.2, 0) is 6.52 Å². The maximum atomic E-state index is 9.19. The second-order valence-corrected chi connectivity index (χ2v) is 6.60. The van der Waals surface area contributed by atoms with Crippen LogP contribution in [-0.4, -0.2) is 33.9 Å². The summed E-state index contributed by atoms with van der Waals surface area (Å²) in [5.74, 6) is -0.815. The predicted octanol–water partition coefficient (Wildman–Crippen LogP) is 4.29. The third kappa shape index (κ3) is 3.80. The average Bonchev–Trinajstić information content (AvgIpc) is 3.13. The largest absolute Gasteiger partial charge is 0.367 e. The molecule has 0 saturated carbocycles. The number of rotatable bonds is 4. The lowest BCUT2D eigenvalue weighted by Gasteiger charge is -2.32. The molecule has 132 valence electrons. The van der Waals surface area contributed by atoms with Gasteiger partial charge in [-0.25, -0.2) is 9.97 Å². The molecule has 1 aliphatic rings. The average molecular weight is 397 g/mol. The van der Waals surface area contributed by atoms with Crippen molar-refractivity contribution in [2.45, 2.75) is 25.3 Å². The fraction of sp³-hybridized carbons (Fsp3) is 0.316. The Morgan fingerprint density at radius 1 is 1.54 bits per heavy atom. The van der Waals surface area contributed by atoms with Crippen molar-refractivity contribution in [2.75, 3.05) is 18.3 Å². The molecule has 1 N–H and O–H groups in total. The number of piperidine rings is 1. The van der Waals surface area contributed by atoms with Crippen LogP contribution in [0.1, 0.15) is 40.3 Å². The second-order valence-electron chi connectivity index (χ2n) is 5.00. The Labute approximate surface area is 179 Å². The number of aromatic nitrogens is 2. The van der Waals surface area contributed by atoms with Crippen LogP contribution in [0.25, 0.3) is 10.2 Å². The summed E-state index contributed by atoms with van der Waals surface area (Å²) >= 11 is 6.72. The zero-order valence-corrected chi connectivity index (χ0v) is 14.5. The van der Waals surface area contributed by atoms with Crippen molar-refractivity contribution in [3.05, 3.63) is 52.1 Å². The van der Waals surface area contributed by atoms with Gasteiger partial charge in [-0.05, 0) is 36.5 Å². The highest BCUT2D eigenvalue weighted by Crippen LogP contribution is 2.32. The Bertz CT molecular complexity index is 1480. The standard InChI is InChI=1S/C19H18ClN5S/c20-17-9-16-18(22-12-23-19(16)26-17)24-15-4-6-25(7-5-15)11-14-3-1-2-13(8-14)10-21/h1-3,8-9,12,15H,4-7,11H2,(H,22,23,24)/i4D2,5D2,6D2,7D2,9D,11D,12D,15D/hD. The number of hydrogen-bond donors (Lipinski definition) is 1. The molecule has 0 bridgehead atoms. The minimum absolute atomic E-state index is 0.0000220. The van der Waals surface area contributed by atoms with Gasteiger partial charge in [0, 0.05) is 37.9 Å². The molecule has 0 spiro atoms. The number of benzene rings is 1. The Balaban J connectivity index is 1.97. The van der Waals surface area contributed by atoms with Crippen molar-refractivity contribution in [3.63, 3.8) is 0 Å². The van der Waals surface area contributed by atoms with Crippen molar-refractivity contribution in [3.8, 4) is 6.07 Å². The fourth-order valence-electron chi connectivity index (χ4n) is 2.15. The fourth-order valence-corrected chi connectivity index (χ4v) is 3.11. The Morgan fingerprint density at radius 2 is 2.38 bits per heavy atom. The summed E-state index contributed by atoms with van der Waals surface area (Å²) in [6.45, 7) is -9.33. The molecule has 3 heterocycles. The molecule has 0 aliphatic carbocycles. The molecule has 1 aliphatic heterocycles. The number of thiophene rings is 1. The van der Waals surface area contributed by atoms with E-state index in [0.717, 1.165) is 17.4 Å². The van der Waals surface area contributed by atoms with Gasteiger partial charge in [0.15, 0.2) is 1.41 Å². The minimum atomic E-state index is -3.77. The number of fused-ring (bicyclic) bond motifs is 1. The molecule has 26 heavy (non-hydrogen) atoms. The van der Waals surface area contributed by atoms with Crippen LogP contribution < -0.4 is 5.31 Å². The highest BCUT2D eigenvalue weighted by Gasteiger charge is 2.20. The number of anilines is 1. The number of nitriles is 1. The summed E-state index contributed by atoms with van der Waals surface area (Å²) in [7, 11) is 0. The van der Waals surface area contributed by atoms with Crippen LogP contribution in [0, 0.1) is 11.3 Å². The highest BCUT2D eigenvalue weighted by molar-refractivity contribution is 7.22. The molecular weight excluding hydrogens is 366 g/mol. The molecule has 4 rings (SSSR count). The first-order valence-corrected chi connectivity index (χ1v) is 8.42. The summed E-state index contributed by atoms with van der Waals surface area (Å²) in [4.78, 5) is 7.37. The third-order valence-corrected chi connectivity index (χ3v) is 4.35. The van der Waals surface area contributed by atoms with E-state index in [1.54, 1.807) is 0 Å². The van der Waals surface area contributed by atoms with Crippen LogP contribution in [0.3, 0.4) is 0 Å². The van der Waals surface area contributed by atoms with Crippen molar-refractivity contribution in [1.82, 2.24) is 14.9 Å². The Kier molecular flexibility index (Phi) is 2.28. The molecule has 1 fully saturated rings. The first-order valence-electron chi connectivity index (χ1n) is 13.8. The minimum Gasteiger partial charge on any atom is -0.367 e. The summed E-state index contributed by atoms with van der Waals surface area (Å²) in [6, 6.07) is 2.74. The number of halogens is 1. The number of nitrogens with zero attached hydrogens (tertiary/aromatic N) is 4. The molecule has 1 atom stereocenters. The van der Waals surface area contributed by atoms with Crippen LogP contribution in [0.15, 0.2) is 36.6 Å². The van der Waals surface area contributed by atoms with Crippen LogP contribution >= 0.6 is 22.9 Å². The molecule has 1 aromatic carbocycles. The highest BCUT2D eigenvalue weighted by atomic mass is 35.5. The van der Waals surface area contributed by atoms with E-state index >= 15 is 0 Å². The first-order chi connectivity index (χ1) is 17.8. The first kappa shape index (κ1) is 7.81. The van der Waals surface area contributed by atoms with Gasteiger partial charge in [-0.15, -0.1) is 11.3 Å². The van der Waals surface area contributed by atoms with E-state index < -0.39 is 56.4 Å². The quantitative estimate of drug-likeness (QED) is 0.712. The lowest BCUT2D eigenvalue weighted by atomic mass is 10.0. The van der Waals surface area contributed by atoms with E-state index in [1.165, 1.54) is 18.2 Å². The van der Waals surface area contributed by atoms with Gasteiger partial charge in [-0.2, -0.15) is 5.26 Å². The number of nitrogens with one attached hydrogen (secondary N) is 1. The zero-order chi connectivity index (χ0) is 29.5. The molecule has 7 heteroatoms. The monoisotopic (exact) mass is 396 g/mol. The molecule has 0 amide bonds. The van der Waals surface area contributed by atoms with E-state index in [9.17, 15) is 5.26 Å². The van der Waals surface area contributed by atoms with E-state index in [-0.39, 0.29) is 35.9 Å². The van der Waals surface area contributed by atoms with Gasteiger partial charge in [-0.3, -0.25) is 4.90 Å². The summed E-state index contributed by atoms with van der Waals surface area (Å²) in [5.41, 5.74) is -0.0996. The van der Waals surface area contributed by atoms with Crippen LogP contribution in [0.2, 0.25) is 5.75 Å². The second kappa shape index (κ2) is 7.58. The predicted molar refractivity (Wildman–Crippen MR) is 106 cm³/mol. The van der Waals surface area contributed by atoms with Crippen LogP contribution in [0.5, 0.6) is 0 Å². The van der Waals surface area contributed by atoms with Gasteiger partial charge >= 0.3 is 0 Å². The van der Waals surface area contributed by atoms with Crippen molar-refractivity contribution >= 4 is 39.0 Å². The van der Waals surface area contributed by atoms with Crippen molar-refractivity contribution < 1.29 is 17.9 Å². The third-order valence-electron chi connectivity index (χ3n) is 3.26. The summed E-state index contributed by atoms with van der Waals surface area (Å²) in [5, 5.41) is 8.68. The van der Waals surface area contributed by atoms with Gasteiger partial charge in [0.1, 0.15) is 18.3 Å². The molecule has 1 saturated heterocycles. The zero-order valence-electron chi connectivity index (χ0n) is 25.9. The van der Waals surface area contributed by atoms with Crippen molar-refractivity contribution in [1.29, 1.82) is 5.26 Å². The SMILES string of the molecule is [2H]c1nc(N([2H])C2([2H])C([2H])([2H])C([2H])([2H])N(C([2H])c3cccc(C#N)c3)C([2H])([2H])C2([2H])[2H])c2c([2H])c(Cl)sc2n1. The van der Waals surface area contributed by atoms with Gasteiger partial charge < -0.3 is 5.31 Å². The van der Waals surface area contributed by atoms with Gasteiger partial charge in [0.05, 0.1) is 24.1 Å². The van der Waals surface area contributed by atoms with E-state index in [2.05, 4.69) is 9.97 Å².